The summed E-state index contributed by atoms with van der Waals surface area (Å²) in [5.74, 6) is -0.220. The van der Waals surface area contributed by atoms with E-state index in [1.165, 1.54) is 11.6 Å². The van der Waals surface area contributed by atoms with Crippen molar-refractivity contribution in [2.75, 3.05) is 0 Å². The second-order valence-electron chi connectivity index (χ2n) is 4.25. The highest BCUT2D eigenvalue weighted by molar-refractivity contribution is 9.10. The molecular weight excluding hydrogens is 293 g/mol. The van der Waals surface area contributed by atoms with E-state index in [0.717, 1.165) is 21.9 Å². The zero-order valence-electron chi connectivity index (χ0n) is 9.61. The van der Waals surface area contributed by atoms with Gasteiger partial charge in [0, 0.05) is 22.6 Å². The van der Waals surface area contributed by atoms with Crippen LogP contribution in [0.25, 0.3) is 10.9 Å². The Kier molecular flexibility index (Phi) is 2.92. The van der Waals surface area contributed by atoms with E-state index in [-0.39, 0.29) is 5.82 Å². The minimum absolute atomic E-state index is 0.220. The molecule has 3 aromatic rings. The van der Waals surface area contributed by atoms with Gasteiger partial charge >= 0.3 is 0 Å². The molecule has 90 valence electrons. The fraction of sp³-hybridized carbons (Fsp3) is 0.0667. The highest BCUT2D eigenvalue weighted by Gasteiger charge is 2.07. The third kappa shape index (κ3) is 2.06. The van der Waals surface area contributed by atoms with E-state index in [2.05, 4.69) is 32.6 Å². The molecule has 0 aliphatic rings. The summed E-state index contributed by atoms with van der Waals surface area (Å²) in [6.07, 6.45) is 1.99. The molecule has 2 aromatic carbocycles. The Bertz CT molecular complexity index is 688. The van der Waals surface area contributed by atoms with Gasteiger partial charge in [0.1, 0.15) is 5.82 Å². The van der Waals surface area contributed by atoms with Crippen LogP contribution in [-0.4, -0.2) is 4.57 Å². The lowest BCUT2D eigenvalue weighted by Crippen LogP contribution is -1.97. The van der Waals surface area contributed by atoms with Gasteiger partial charge in [0.05, 0.1) is 5.52 Å². The van der Waals surface area contributed by atoms with Crippen molar-refractivity contribution >= 4 is 26.8 Å². The van der Waals surface area contributed by atoms with Crippen molar-refractivity contribution in [2.24, 2.45) is 0 Å². The molecule has 0 fully saturated rings. The molecule has 0 aliphatic carbocycles. The van der Waals surface area contributed by atoms with E-state index in [9.17, 15) is 4.39 Å². The van der Waals surface area contributed by atoms with Crippen molar-refractivity contribution in [2.45, 2.75) is 6.54 Å². The summed E-state index contributed by atoms with van der Waals surface area (Å²) >= 11 is 3.39. The van der Waals surface area contributed by atoms with Crippen LogP contribution in [0.5, 0.6) is 0 Å². The highest BCUT2D eigenvalue weighted by Crippen LogP contribution is 2.26. The quantitative estimate of drug-likeness (QED) is 0.652. The minimum Gasteiger partial charge on any atom is -0.343 e. The normalized spacial score (nSPS) is 11.0. The molecule has 18 heavy (non-hydrogen) atoms. The molecule has 0 N–H and O–H groups in total. The zero-order chi connectivity index (χ0) is 12.5. The number of rotatable bonds is 2. The molecule has 3 heteroatoms. The summed E-state index contributed by atoms with van der Waals surface area (Å²) in [6, 6.07) is 15.2. The minimum atomic E-state index is -0.220. The molecule has 0 unspecified atom stereocenters. The molecule has 0 spiro atoms. The van der Waals surface area contributed by atoms with E-state index >= 15 is 0 Å². The van der Waals surface area contributed by atoms with Gasteiger partial charge in [-0.3, -0.25) is 0 Å². The van der Waals surface area contributed by atoms with Gasteiger partial charge in [0.15, 0.2) is 0 Å². The van der Waals surface area contributed by atoms with Crippen molar-refractivity contribution in [3.63, 3.8) is 0 Å². The fourth-order valence-electron chi connectivity index (χ4n) is 2.14. The first-order valence-corrected chi connectivity index (χ1v) is 6.51. The molecule has 1 nitrogen and oxygen atoms in total. The molecule has 0 saturated carbocycles. The lowest BCUT2D eigenvalue weighted by atomic mass is 10.2. The number of aromatic nitrogens is 1. The predicted octanol–water partition coefficient (Wildman–Crippen LogP) is 4.59. The lowest BCUT2D eigenvalue weighted by Gasteiger charge is -2.06. The van der Waals surface area contributed by atoms with Gasteiger partial charge in [-0.1, -0.05) is 30.3 Å². The maximum absolute atomic E-state index is 13.5. The number of hydrogen-bond donors (Lipinski definition) is 0. The van der Waals surface area contributed by atoms with Crippen molar-refractivity contribution < 1.29 is 4.39 Å². The van der Waals surface area contributed by atoms with Crippen LogP contribution in [0, 0.1) is 5.82 Å². The number of nitrogens with zero attached hydrogens (tertiary/aromatic N) is 1. The van der Waals surface area contributed by atoms with Gasteiger partial charge in [0.2, 0.25) is 0 Å². The molecule has 0 radical (unpaired) electrons. The van der Waals surface area contributed by atoms with Crippen molar-refractivity contribution in [1.29, 1.82) is 0 Å². The predicted molar refractivity (Wildman–Crippen MR) is 75.1 cm³/mol. The van der Waals surface area contributed by atoms with Crippen molar-refractivity contribution in [1.82, 2.24) is 4.57 Å². The maximum atomic E-state index is 13.5. The van der Waals surface area contributed by atoms with Gasteiger partial charge in [0.25, 0.3) is 0 Å². The van der Waals surface area contributed by atoms with E-state index in [1.54, 1.807) is 6.07 Å². The SMILES string of the molecule is Fc1cc(Br)c2ccn(Cc3ccccc3)c2c1. The van der Waals surface area contributed by atoms with Crippen molar-refractivity contribution in [3.8, 4) is 0 Å². The summed E-state index contributed by atoms with van der Waals surface area (Å²) < 4.78 is 16.3. The van der Waals surface area contributed by atoms with Crippen LogP contribution in [0.4, 0.5) is 4.39 Å². The van der Waals surface area contributed by atoms with E-state index in [4.69, 9.17) is 0 Å². The molecule has 0 bridgehead atoms. The van der Waals surface area contributed by atoms with Crippen LogP contribution in [0.15, 0.2) is 59.2 Å². The van der Waals surface area contributed by atoms with Gasteiger partial charge < -0.3 is 4.57 Å². The lowest BCUT2D eigenvalue weighted by molar-refractivity contribution is 0.627. The molecule has 1 aromatic heterocycles. The Morgan fingerprint density at radius 1 is 1.06 bits per heavy atom. The number of hydrogen-bond acceptors (Lipinski definition) is 0. The third-order valence-electron chi connectivity index (χ3n) is 3.00. The Morgan fingerprint density at radius 2 is 1.83 bits per heavy atom. The summed E-state index contributed by atoms with van der Waals surface area (Å²) in [5, 5.41) is 1.03. The Morgan fingerprint density at radius 3 is 2.61 bits per heavy atom. The highest BCUT2D eigenvalue weighted by atomic mass is 79.9. The second kappa shape index (κ2) is 4.58. The van der Waals surface area contributed by atoms with Crippen LogP contribution in [-0.2, 0) is 6.54 Å². The first-order valence-electron chi connectivity index (χ1n) is 5.72. The average molecular weight is 304 g/mol. The fourth-order valence-corrected chi connectivity index (χ4v) is 2.69. The van der Waals surface area contributed by atoms with Crippen LogP contribution in [0.1, 0.15) is 5.56 Å². The van der Waals surface area contributed by atoms with Crippen LogP contribution in [0.3, 0.4) is 0 Å². The summed E-state index contributed by atoms with van der Waals surface area (Å²) in [6.45, 7) is 0.750. The van der Waals surface area contributed by atoms with Crippen molar-refractivity contribution in [3.05, 3.63) is 70.6 Å². The van der Waals surface area contributed by atoms with E-state index < -0.39 is 0 Å². The smallest absolute Gasteiger partial charge is 0.126 e. The molecular formula is C15H11BrFN. The van der Waals surface area contributed by atoms with Crippen LogP contribution in [0.2, 0.25) is 0 Å². The topological polar surface area (TPSA) is 4.93 Å². The molecule has 0 saturated heterocycles. The largest absolute Gasteiger partial charge is 0.343 e. The van der Waals surface area contributed by atoms with Gasteiger partial charge in [-0.15, -0.1) is 0 Å². The molecule has 0 atom stereocenters. The van der Waals surface area contributed by atoms with E-state index in [0.29, 0.717) is 0 Å². The van der Waals surface area contributed by atoms with Gasteiger partial charge in [-0.25, -0.2) is 4.39 Å². The Labute approximate surface area is 113 Å². The number of halogens is 2. The van der Waals surface area contributed by atoms with Crippen LogP contribution < -0.4 is 0 Å². The molecule has 0 aliphatic heterocycles. The van der Waals surface area contributed by atoms with Gasteiger partial charge in [-0.05, 0) is 39.7 Å². The monoisotopic (exact) mass is 303 g/mol. The maximum Gasteiger partial charge on any atom is 0.126 e. The molecule has 3 rings (SSSR count). The Hall–Kier alpha value is -1.61. The first kappa shape index (κ1) is 11.5. The van der Waals surface area contributed by atoms with Gasteiger partial charge in [-0.2, -0.15) is 0 Å². The average Bonchev–Trinajstić information content (AvgIpc) is 2.74. The zero-order valence-corrected chi connectivity index (χ0v) is 11.2. The summed E-state index contributed by atoms with van der Waals surface area (Å²) in [7, 11) is 0. The number of benzene rings is 2. The second-order valence-corrected chi connectivity index (χ2v) is 5.10. The molecule has 0 amide bonds. The Balaban J connectivity index is 2.08. The van der Waals surface area contributed by atoms with Crippen LogP contribution >= 0.6 is 15.9 Å². The molecule has 1 heterocycles. The summed E-state index contributed by atoms with van der Waals surface area (Å²) in [5.41, 5.74) is 2.11. The standard InChI is InChI=1S/C15H11BrFN/c16-14-8-12(17)9-15-13(14)6-7-18(15)10-11-4-2-1-3-5-11/h1-9H,10H2. The van der Waals surface area contributed by atoms with E-state index in [1.807, 2.05) is 30.5 Å². The third-order valence-corrected chi connectivity index (χ3v) is 3.65. The summed E-state index contributed by atoms with van der Waals surface area (Å²) in [4.78, 5) is 0. The number of fused-ring (bicyclic) bond motifs is 1. The first-order chi connectivity index (χ1) is 8.74.